The molecule has 3 rings (SSSR count). The molecular formula is C20H22F6N2O4S. The molecule has 2 aromatic rings. The Bertz CT molecular complexity index is 1100. The highest BCUT2D eigenvalue weighted by atomic mass is 32.2. The molecule has 2 unspecified atom stereocenters. The topological polar surface area (TPSA) is 70.4 Å². The van der Waals surface area contributed by atoms with E-state index in [0.29, 0.717) is 6.07 Å². The number of ether oxygens (including phenoxy) is 2. The van der Waals surface area contributed by atoms with Crippen LogP contribution in [0.25, 0.3) is 0 Å². The summed E-state index contributed by atoms with van der Waals surface area (Å²) < 4.78 is 116. The average molecular weight is 500 g/mol. The Morgan fingerprint density at radius 1 is 1.18 bits per heavy atom. The average Bonchev–Trinajstić information content (AvgIpc) is 3.16. The number of hydrogen-bond acceptors (Lipinski definition) is 5. The van der Waals surface area contributed by atoms with E-state index in [-0.39, 0.29) is 38.3 Å². The van der Waals surface area contributed by atoms with E-state index in [4.69, 9.17) is 9.47 Å². The Morgan fingerprint density at radius 2 is 1.88 bits per heavy atom. The van der Waals surface area contributed by atoms with Crippen LogP contribution in [0.5, 0.6) is 0 Å². The van der Waals surface area contributed by atoms with Crippen LogP contribution in [0, 0.1) is 0 Å². The van der Waals surface area contributed by atoms with Gasteiger partial charge in [0.2, 0.25) is 0 Å². The SMILES string of the molecule is COCCn1nc(C(F)(F)F)cc1C1CC(C)(S(=O)(=O)c2cccc(C(F)(F)F)c2)CCO1. The third-order valence-electron chi connectivity index (χ3n) is 5.63. The maximum Gasteiger partial charge on any atom is 0.435 e. The maximum absolute atomic E-state index is 13.3. The third-order valence-corrected chi connectivity index (χ3v) is 8.17. The van der Waals surface area contributed by atoms with Gasteiger partial charge >= 0.3 is 12.4 Å². The molecule has 1 aliphatic rings. The number of halogens is 6. The van der Waals surface area contributed by atoms with Gasteiger partial charge in [-0.25, -0.2) is 8.42 Å². The molecule has 0 saturated carbocycles. The smallest absolute Gasteiger partial charge is 0.383 e. The van der Waals surface area contributed by atoms with Crippen molar-refractivity contribution in [2.45, 2.75) is 54.4 Å². The lowest BCUT2D eigenvalue weighted by Gasteiger charge is -2.37. The van der Waals surface area contributed by atoms with Gasteiger partial charge < -0.3 is 9.47 Å². The van der Waals surface area contributed by atoms with E-state index in [2.05, 4.69) is 5.10 Å². The Labute approximate surface area is 186 Å². The van der Waals surface area contributed by atoms with Crippen LogP contribution >= 0.6 is 0 Å². The lowest BCUT2D eigenvalue weighted by atomic mass is 9.94. The maximum atomic E-state index is 13.3. The molecule has 1 aromatic heterocycles. The molecule has 2 atom stereocenters. The molecule has 0 bridgehead atoms. The molecule has 1 aromatic carbocycles. The van der Waals surface area contributed by atoms with Crippen LogP contribution in [0.3, 0.4) is 0 Å². The fraction of sp³-hybridized carbons (Fsp3) is 0.550. The number of sulfone groups is 1. The van der Waals surface area contributed by atoms with Gasteiger partial charge in [-0.3, -0.25) is 4.68 Å². The minimum absolute atomic E-state index is 0.0181. The standard InChI is InChI=1S/C20H22F6N2O4S/c1-18(33(29,30)14-5-3-4-13(10-14)19(21,22)23)6-8-32-16(12-18)15-11-17(20(24,25)26)27-28(15)7-9-31-2/h3-5,10-11,16H,6-9,12H2,1-2H3. The van der Waals surface area contributed by atoms with Crippen molar-refractivity contribution in [1.29, 1.82) is 0 Å². The molecule has 1 aliphatic heterocycles. The first-order valence-electron chi connectivity index (χ1n) is 9.86. The molecule has 0 N–H and O–H groups in total. The minimum Gasteiger partial charge on any atom is -0.383 e. The van der Waals surface area contributed by atoms with Gasteiger partial charge in [-0.15, -0.1) is 0 Å². The van der Waals surface area contributed by atoms with Crippen LogP contribution in [-0.4, -0.2) is 43.3 Å². The second-order valence-corrected chi connectivity index (χ2v) is 10.4. The van der Waals surface area contributed by atoms with E-state index in [0.717, 1.165) is 28.9 Å². The second kappa shape index (κ2) is 8.91. The van der Waals surface area contributed by atoms with Crippen LogP contribution in [-0.2, 0) is 38.2 Å². The van der Waals surface area contributed by atoms with E-state index in [1.54, 1.807) is 0 Å². The molecular weight excluding hydrogens is 478 g/mol. The van der Waals surface area contributed by atoms with E-state index < -0.39 is 49.2 Å². The van der Waals surface area contributed by atoms with Crippen molar-refractivity contribution in [3.8, 4) is 0 Å². The largest absolute Gasteiger partial charge is 0.435 e. The first kappa shape index (κ1) is 25.5. The second-order valence-electron chi connectivity index (χ2n) is 7.96. The lowest BCUT2D eigenvalue weighted by Crippen LogP contribution is -2.42. The van der Waals surface area contributed by atoms with E-state index in [1.807, 2.05) is 0 Å². The van der Waals surface area contributed by atoms with Gasteiger partial charge in [0.15, 0.2) is 15.5 Å². The number of methoxy groups -OCH3 is 1. The van der Waals surface area contributed by atoms with Gasteiger partial charge in [0.05, 0.1) is 34.1 Å². The Kier molecular flexibility index (Phi) is 6.89. The quantitative estimate of drug-likeness (QED) is 0.540. The monoisotopic (exact) mass is 500 g/mol. The minimum atomic E-state index is -4.73. The summed E-state index contributed by atoms with van der Waals surface area (Å²) in [6.45, 7) is 1.27. The van der Waals surface area contributed by atoms with Crippen molar-refractivity contribution in [3.63, 3.8) is 0 Å². The number of nitrogens with zero attached hydrogens (tertiary/aromatic N) is 2. The van der Waals surface area contributed by atoms with Crippen LogP contribution in [0.4, 0.5) is 26.3 Å². The van der Waals surface area contributed by atoms with Crippen molar-refractivity contribution in [1.82, 2.24) is 9.78 Å². The molecule has 6 nitrogen and oxygen atoms in total. The molecule has 0 spiro atoms. The summed E-state index contributed by atoms with van der Waals surface area (Å²) in [6.07, 6.45) is -10.8. The molecule has 0 amide bonds. The molecule has 13 heteroatoms. The number of alkyl halides is 6. The van der Waals surface area contributed by atoms with Crippen LogP contribution < -0.4 is 0 Å². The lowest BCUT2D eigenvalue weighted by molar-refractivity contribution is -0.141. The van der Waals surface area contributed by atoms with Gasteiger partial charge in [-0.05, 0) is 44.0 Å². The van der Waals surface area contributed by atoms with Crippen molar-refractivity contribution in [3.05, 3.63) is 47.3 Å². The molecule has 1 saturated heterocycles. The summed E-state index contributed by atoms with van der Waals surface area (Å²) >= 11 is 0. The van der Waals surface area contributed by atoms with E-state index in [9.17, 15) is 34.8 Å². The summed E-state index contributed by atoms with van der Waals surface area (Å²) in [4.78, 5) is -0.510. The number of rotatable bonds is 6. The first-order chi connectivity index (χ1) is 15.2. The van der Waals surface area contributed by atoms with E-state index in [1.165, 1.54) is 14.0 Å². The fourth-order valence-electron chi connectivity index (χ4n) is 3.71. The highest BCUT2D eigenvalue weighted by Crippen LogP contribution is 2.43. The summed E-state index contributed by atoms with van der Waals surface area (Å²) in [5.74, 6) is 0. The molecule has 0 aliphatic carbocycles. The van der Waals surface area contributed by atoms with Gasteiger partial charge in [0.25, 0.3) is 0 Å². The molecule has 1 fully saturated rings. The fourth-order valence-corrected chi connectivity index (χ4v) is 5.55. The summed E-state index contributed by atoms with van der Waals surface area (Å²) in [5, 5.41) is 3.56. The summed E-state index contributed by atoms with van der Waals surface area (Å²) in [7, 11) is -2.93. The zero-order chi connectivity index (χ0) is 24.7. The third kappa shape index (κ3) is 5.19. The first-order valence-corrected chi connectivity index (χ1v) is 11.3. The van der Waals surface area contributed by atoms with Crippen molar-refractivity contribution >= 4 is 9.84 Å². The number of aromatic nitrogens is 2. The van der Waals surface area contributed by atoms with Crippen LogP contribution in [0.1, 0.15) is 42.8 Å². The van der Waals surface area contributed by atoms with Crippen LogP contribution in [0.15, 0.2) is 35.2 Å². The van der Waals surface area contributed by atoms with Gasteiger partial charge in [-0.1, -0.05) is 6.07 Å². The number of hydrogen-bond donors (Lipinski definition) is 0. The summed E-state index contributed by atoms with van der Waals surface area (Å²) in [6, 6.07) is 4.20. The van der Waals surface area contributed by atoms with E-state index >= 15 is 0 Å². The normalized spacial score (nSPS) is 22.5. The van der Waals surface area contributed by atoms with Gasteiger partial charge in [0.1, 0.15) is 6.10 Å². The predicted octanol–water partition coefficient (Wildman–Crippen LogP) is 4.65. The zero-order valence-corrected chi connectivity index (χ0v) is 18.5. The van der Waals surface area contributed by atoms with Crippen molar-refractivity contribution in [2.75, 3.05) is 20.3 Å². The number of benzene rings is 1. The van der Waals surface area contributed by atoms with Gasteiger partial charge in [-0.2, -0.15) is 31.4 Å². The molecule has 184 valence electrons. The highest BCUT2D eigenvalue weighted by Gasteiger charge is 2.47. The highest BCUT2D eigenvalue weighted by molar-refractivity contribution is 7.92. The van der Waals surface area contributed by atoms with Crippen molar-refractivity contribution < 1.29 is 44.2 Å². The Hall–Kier alpha value is -2.12. The Balaban J connectivity index is 1.98. The summed E-state index contributed by atoms with van der Waals surface area (Å²) in [5.41, 5.74) is -2.25. The van der Waals surface area contributed by atoms with Gasteiger partial charge in [0, 0.05) is 13.7 Å². The predicted molar refractivity (Wildman–Crippen MR) is 104 cm³/mol. The van der Waals surface area contributed by atoms with Crippen LogP contribution in [0.2, 0.25) is 0 Å². The molecule has 0 radical (unpaired) electrons. The van der Waals surface area contributed by atoms with Crippen molar-refractivity contribution in [2.24, 2.45) is 0 Å². The Morgan fingerprint density at radius 3 is 2.48 bits per heavy atom. The zero-order valence-electron chi connectivity index (χ0n) is 17.7. The molecule has 33 heavy (non-hydrogen) atoms. The molecule has 2 heterocycles.